The lowest BCUT2D eigenvalue weighted by atomic mass is 10.1. The molecule has 0 amide bonds. The van der Waals surface area contributed by atoms with Crippen molar-refractivity contribution in [3.63, 3.8) is 0 Å². The topological polar surface area (TPSA) is 46.2 Å². The molecule has 136 valence electrons. The summed E-state index contributed by atoms with van der Waals surface area (Å²) in [5.74, 6) is 0. The van der Waals surface area contributed by atoms with E-state index < -0.39 is 37.7 Å². The van der Waals surface area contributed by atoms with E-state index >= 15 is 0 Å². The maximum absolute atomic E-state index is 12.9. The Kier molecular flexibility index (Phi) is 6.13. The molecule has 0 bridgehead atoms. The zero-order chi connectivity index (χ0) is 18.7. The zero-order valence-electron chi connectivity index (χ0n) is 13.3. The van der Waals surface area contributed by atoms with Crippen LogP contribution in [-0.4, -0.2) is 14.5 Å². The number of hydrogen-bond donors (Lipinski definition) is 1. The van der Waals surface area contributed by atoms with Crippen LogP contribution < -0.4 is 4.72 Å². The van der Waals surface area contributed by atoms with Crippen LogP contribution in [0.5, 0.6) is 0 Å². The molecule has 0 aliphatic rings. The molecule has 1 unspecified atom stereocenters. The smallest absolute Gasteiger partial charge is 0.208 e. The second kappa shape index (κ2) is 7.76. The van der Waals surface area contributed by atoms with Crippen LogP contribution >= 0.6 is 11.6 Å². The lowest BCUT2D eigenvalue weighted by Crippen LogP contribution is -2.33. The van der Waals surface area contributed by atoms with Crippen LogP contribution in [0.3, 0.4) is 0 Å². The quantitative estimate of drug-likeness (QED) is 0.778. The van der Waals surface area contributed by atoms with Gasteiger partial charge in [0.1, 0.15) is 0 Å². The minimum atomic E-state index is -4.72. The van der Waals surface area contributed by atoms with Crippen molar-refractivity contribution in [2.45, 2.75) is 36.9 Å². The number of hydrogen-bond acceptors (Lipinski definition) is 2. The van der Waals surface area contributed by atoms with Crippen LogP contribution in [-0.2, 0) is 22.6 Å². The fourth-order valence-electron chi connectivity index (χ4n) is 2.31. The van der Waals surface area contributed by atoms with Gasteiger partial charge >= 0.3 is 6.18 Å². The highest BCUT2D eigenvalue weighted by molar-refractivity contribution is 7.89. The highest BCUT2D eigenvalue weighted by Gasteiger charge is 2.34. The fraction of sp³-hybridized carbons (Fsp3) is 0.294. The highest BCUT2D eigenvalue weighted by atomic mass is 35.5. The van der Waals surface area contributed by atoms with E-state index in [2.05, 4.69) is 4.72 Å². The van der Waals surface area contributed by atoms with Crippen molar-refractivity contribution in [3.05, 3.63) is 64.7 Å². The summed E-state index contributed by atoms with van der Waals surface area (Å²) in [6.45, 7) is 1.67. The molecule has 2 aromatic carbocycles. The average Bonchev–Trinajstić information content (AvgIpc) is 2.52. The standard InChI is InChI=1S/C17H17ClF3NO2S/c1-12(7-8-13-5-3-2-4-6-13)22-25(23,24)14-9-10-16(18)15(11-14)17(19,20)21/h2-6,9-12,22H,7-8H2,1H3. The summed E-state index contributed by atoms with van der Waals surface area (Å²) in [7, 11) is -4.07. The first-order chi connectivity index (χ1) is 11.6. The molecule has 0 fully saturated rings. The first-order valence-corrected chi connectivity index (χ1v) is 9.39. The van der Waals surface area contributed by atoms with Crippen molar-refractivity contribution in [1.82, 2.24) is 4.72 Å². The summed E-state index contributed by atoms with van der Waals surface area (Å²) in [5.41, 5.74) is -0.117. The lowest BCUT2D eigenvalue weighted by Gasteiger charge is -2.16. The van der Waals surface area contributed by atoms with E-state index in [0.29, 0.717) is 18.9 Å². The van der Waals surface area contributed by atoms with E-state index in [0.717, 1.165) is 17.7 Å². The van der Waals surface area contributed by atoms with Gasteiger partial charge in [-0.3, -0.25) is 0 Å². The molecule has 0 saturated heterocycles. The Morgan fingerprint density at radius 3 is 2.36 bits per heavy atom. The summed E-state index contributed by atoms with van der Waals surface area (Å²) in [6, 6.07) is 11.6. The summed E-state index contributed by atoms with van der Waals surface area (Å²) in [6.07, 6.45) is -3.55. The predicted octanol–water partition coefficient (Wildman–Crippen LogP) is 4.66. The number of nitrogens with one attached hydrogen (secondary N) is 1. The molecule has 8 heteroatoms. The van der Waals surface area contributed by atoms with Crippen LogP contribution in [0.2, 0.25) is 5.02 Å². The number of alkyl halides is 3. The van der Waals surface area contributed by atoms with Gasteiger partial charge in [-0.15, -0.1) is 0 Å². The molecular formula is C17H17ClF3NO2S. The molecule has 0 radical (unpaired) electrons. The molecule has 0 saturated carbocycles. The third kappa shape index (κ3) is 5.45. The van der Waals surface area contributed by atoms with Crippen molar-refractivity contribution in [2.24, 2.45) is 0 Å². The molecule has 1 atom stereocenters. The molecule has 25 heavy (non-hydrogen) atoms. The predicted molar refractivity (Wildman–Crippen MR) is 91.0 cm³/mol. The van der Waals surface area contributed by atoms with Crippen LogP contribution in [0.15, 0.2) is 53.4 Å². The second-order valence-electron chi connectivity index (χ2n) is 5.69. The summed E-state index contributed by atoms with van der Waals surface area (Å²) in [4.78, 5) is -0.462. The molecule has 0 heterocycles. The van der Waals surface area contributed by atoms with Gasteiger partial charge in [0.2, 0.25) is 10.0 Å². The molecule has 2 aromatic rings. The van der Waals surface area contributed by atoms with Gasteiger partial charge in [-0.2, -0.15) is 13.2 Å². The molecule has 1 N–H and O–H groups in total. The second-order valence-corrected chi connectivity index (χ2v) is 7.81. The van der Waals surface area contributed by atoms with Crippen molar-refractivity contribution in [2.75, 3.05) is 0 Å². The highest BCUT2D eigenvalue weighted by Crippen LogP contribution is 2.35. The Bertz CT molecular complexity index is 824. The number of benzene rings is 2. The molecule has 3 nitrogen and oxygen atoms in total. The number of aryl methyl sites for hydroxylation is 1. The normalized spacial score (nSPS) is 13.6. The Hall–Kier alpha value is -1.57. The first-order valence-electron chi connectivity index (χ1n) is 7.52. The molecule has 0 aromatic heterocycles. The van der Waals surface area contributed by atoms with Crippen LogP contribution in [0, 0.1) is 0 Å². The molecule has 0 aliphatic heterocycles. The summed E-state index contributed by atoms with van der Waals surface area (Å²) in [5, 5.41) is -0.538. The van der Waals surface area contributed by atoms with Gasteiger partial charge in [0.25, 0.3) is 0 Å². The lowest BCUT2D eigenvalue weighted by molar-refractivity contribution is -0.137. The van der Waals surface area contributed by atoms with Gasteiger partial charge in [0.05, 0.1) is 15.5 Å². The zero-order valence-corrected chi connectivity index (χ0v) is 14.9. The molecule has 0 spiro atoms. The fourth-order valence-corrected chi connectivity index (χ4v) is 3.84. The van der Waals surface area contributed by atoms with E-state index in [1.54, 1.807) is 6.92 Å². The van der Waals surface area contributed by atoms with Gasteiger partial charge in [-0.1, -0.05) is 41.9 Å². The van der Waals surface area contributed by atoms with Crippen molar-refractivity contribution in [1.29, 1.82) is 0 Å². The summed E-state index contributed by atoms with van der Waals surface area (Å²) < 4.78 is 65.7. The Balaban J connectivity index is 2.11. The van der Waals surface area contributed by atoms with Gasteiger partial charge in [-0.05, 0) is 43.5 Å². The summed E-state index contributed by atoms with van der Waals surface area (Å²) >= 11 is 5.52. The van der Waals surface area contributed by atoms with Gasteiger partial charge in [0.15, 0.2) is 0 Å². The Labute approximate surface area is 149 Å². The van der Waals surface area contributed by atoms with Gasteiger partial charge in [0, 0.05) is 6.04 Å². The van der Waals surface area contributed by atoms with E-state index in [-0.39, 0.29) is 0 Å². The third-order valence-electron chi connectivity index (χ3n) is 3.62. The molecule has 0 aliphatic carbocycles. The van der Waals surface area contributed by atoms with Crippen LogP contribution in [0.4, 0.5) is 13.2 Å². The van der Waals surface area contributed by atoms with E-state index in [9.17, 15) is 21.6 Å². The molecule has 2 rings (SSSR count). The number of halogens is 4. The average molecular weight is 392 g/mol. The maximum atomic E-state index is 12.9. The third-order valence-corrected chi connectivity index (χ3v) is 5.54. The molecular weight excluding hydrogens is 375 g/mol. The largest absolute Gasteiger partial charge is 0.417 e. The SMILES string of the molecule is CC(CCc1ccccc1)NS(=O)(=O)c1ccc(Cl)c(C(F)(F)F)c1. The maximum Gasteiger partial charge on any atom is 0.417 e. The van der Waals surface area contributed by atoms with Gasteiger partial charge < -0.3 is 0 Å². The van der Waals surface area contributed by atoms with Gasteiger partial charge in [-0.25, -0.2) is 13.1 Å². The number of rotatable bonds is 6. The van der Waals surface area contributed by atoms with Crippen LogP contribution in [0.25, 0.3) is 0 Å². The first kappa shape index (κ1) is 19.8. The van der Waals surface area contributed by atoms with Crippen molar-refractivity contribution in [3.8, 4) is 0 Å². The minimum Gasteiger partial charge on any atom is -0.208 e. The number of sulfonamides is 1. The van der Waals surface area contributed by atoms with Crippen molar-refractivity contribution >= 4 is 21.6 Å². The van der Waals surface area contributed by atoms with E-state index in [1.165, 1.54) is 0 Å². The minimum absolute atomic E-state index is 0.435. The monoisotopic (exact) mass is 391 g/mol. The van der Waals surface area contributed by atoms with Crippen molar-refractivity contribution < 1.29 is 21.6 Å². The van der Waals surface area contributed by atoms with Crippen LogP contribution in [0.1, 0.15) is 24.5 Å². The Morgan fingerprint density at radius 2 is 1.76 bits per heavy atom. The van der Waals surface area contributed by atoms with E-state index in [4.69, 9.17) is 11.6 Å². The Morgan fingerprint density at radius 1 is 1.12 bits per heavy atom. The van der Waals surface area contributed by atoms with E-state index in [1.807, 2.05) is 30.3 Å².